The second-order valence-corrected chi connectivity index (χ2v) is 5.09. The Morgan fingerprint density at radius 3 is 2.35 bits per heavy atom. The number of benzene rings is 2. The van der Waals surface area contributed by atoms with Gasteiger partial charge in [-0.3, -0.25) is 4.79 Å². The molecule has 3 rings (SSSR count). The normalized spacial score (nSPS) is 14.5. The van der Waals surface area contributed by atoms with E-state index in [1.165, 1.54) is 12.8 Å². The lowest BCUT2D eigenvalue weighted by molar-refractivity contribution is 0.103. The number of aromatic hydroxyl groups is 1. The molecule has 3 nitrogen and oxygen atoms in total. The number of nitrogens with zero attached hydrogens (tertiary/aromatic N) is 1. The number of hydrogen-bond acceptors (Lipinski definition) is 3. The van der Waals surface area contributed by atoms with Crippen LogP contribution in [-0.2, 0) is 0 Å². The van der Waals surface area contributed by atoms with Crippen molar-refractivity contribution in [2.45, 2.75) is 12.8 Å². The van der Waals surface area contributed by atoms with Gasteiger partial charge in [-0.05, 0) is 25.0 Å². The first-order valence-corrected chi connectivity index (χ1v) is 6.93. The van der Waals surface area contributed by atoms with Crippen molar-refractivity contribution in [3.8, 4) is 5.75 Å². The average molecular weight is 267 g/mol. The van der Waals surface area contributed by atoms with Crippen molar-refractivity contribution >= 4 is 11.5 Å². The summed E-state index contributed by atoms with van der Waals surface area (Å²) in [6.07, 6.45) is 2.37. The molecular weight excluding hydrogens is 250 g/mol. The van der Waals surface area contributed by atoms with E-state index >= 15 is 0 Å². The Kier molecular flexibility index (Phi) is 3.42. The Balaban J connectivity index is 1.89. The van der Waals surface area contributed by atoms with Gasteiger partial charge in [-0.25, -0.2) is 0 Å². The highest BCUT2D eigenvalue weighted by molar-refractivity contribution is 6.10. The fourth-order valence-electron chi connectivity index (χ4n) is 2.63. The van der Waals surface area contributed by atoms with Crippen molar-refractivity contribution in [1.82, 2.24) is 0 Å². The molecule has 1 fully saturated rings. The Hall–Kier alpha value is -2.29. The minimum absolute atomic E-state index is 0.0586. The Bertz CT molecular complexity index is 616. The first-order chi connectivity index (χ1) is 9.75. The second kappa shape index (κ2) is 5.37. The van der Waals surface area contributed by atoms with Crippen molar-refractivity contribution in [3.05, 3.63) is 59.7 Å². The maximum atomic E-state index is 12.3. The number of carbonyl (C=O) groups is 1. The van der Waals surface area contributed by atoms with Gasteiger partial charge in [0.1, 0.15) is 5.75 Å². The number of carbonyl (C=O) groups excluding carboxylic acids is 1. The average Bonchev–Trinajstić information content (AvgIpc) is 3.01. The zero-order valence-electron chi connectivity index (χ0n) is 11.2. The molecule has 1 heterocycles. The summed E-state index contributed by atoms with van der Waals surface area (Å²) in [5, 5.41) is 10.1. The fourth-order valence-corrected chi connectivity index (χ4v) is 2.63. The molecule has 0 spiro atoms. The van der Waals surface area contributed by atoms with Crippen molar-refractivity contribution < 1.29 is 9.90 Å². The van der Waals surface area contributed by atoms with Crippen molar-refractivity contribution in [2.24, 2.45) is 0 Å². The highest BCUT2D eigenvalue weighted by Crippen LogP contribution is 2.28. The lowest BCUT2D eigenvalue weighted by Gasteiger charge is -2.18. The van der Waals surface area contributed by atoms with E-state index < -0.39 is 0 Å². The van der Waals surface area contributed by atoms with Gasteiger partial charge in [0.05, 0.1) is 5.56 Å². The molecule has 1 saturated heterocycles. The van der Waals surface area contributed by atoms with Crippen LogP contribution in [0.1, 0.15) is 28.8 Å². The summed E-state index contributed by atoms with van der Waals surface area (Å²) in [7, 11) is 0. The molecule has 0 radical (unpaired) electrons. The molecule has 0 bridgehead atoms. The van der Waals surface area contributed by atoms with Gasteiger partial charge in [0, 0.05) is 30.4 Å². The van der Waals surface area contributed by atoms with Crippen molar-refractivity contribution in [1.29, 1.82) is 0 Å². The fraction of sp³-hybridized carbons (Fsp3) is 0.235. The molecule has 2 aromatic rings. The van der Waals surface area contributed by atoms with Crippen LogP contribution < -0.4 is 4.90 Å². The molecular formula is C17H17NO2. The van der Waals surface area contributed by atoms with E-state index in [0.717, 1.165) is 18.8 Å². The first kappa shape index (κ1) is 12.7. The van der Waals surface area contributed by atoms with Crippen LogP contribution in [0.15, 0.2) is 48.5 Å². The molecule has 0 atom stereocenters. The summed E-state index contributed by atoms with van der Waals surface area (Å²) in [5.41, 5.74) is 1.94. The zero-order chi connectivity index (χ0) is 13.9. The predicted molar refractivity (Wildman–Crippen MR) is 79.4 cm³/mol. The number of phenolic OH excluding ortho intramolecular Hbond substituents is 1. The van der Waals surface area contributed by atoms with Crippen LogP contribution in [0.3, 0.4) is 0 Å². The van der Waals surface area contributed by atoms with Crippen LogP contribution in [0.4, 0.5) is 5.69 Å². The molecule has 1 aliphatic heterocycles. The SMILES string of the molecule is O=C(c1ccccc1)c1ccc(N2CCCC2)cc1O. The largest absolute Gasteiger partial charge is 0.507 e. The first-order valence-electron chi connectivity index (χ1n) is 6.93. The van der Waals surface area contributed by atoms with Crippen LogP contribution in [-0.4, -0.2) is 24.0 Å². The van der Waals surface area contributed by atoms with Crippen LogP contribution in [0, 0.1) is 0 Å². The van der Waals surface area contributed by atoms with Gasteiger partial charge in [0.2, 0.25) is 0 Å². The van der Waals surface area contributed by atoms with Crippen molar-refractivity contribution in [2.75, 3.05) is 18.0 Å². The third-order valence-corrected chi connectivity index (χ3v) is 3.73. The lowest BCUT2D eigenvalue weighted by Crippen LogP contribution is -2.17. The highest BCUT2D eigenvalue weighted by Gasteiger charge is 2.17. The number of anilines is 1. The van der Waals surface area contributed by atoms with Crippen LogP contribution >= 0.6 is 0 Å². The summed E-state index contributed by atoms with van der Waals surface area (Å²) < 4.78 is 0. The molecule has 20 heavy (non-hydrogen) atoms. The minimum atomic E-state index is -0.143. The van der Waals surface area contributed by atoms with E-state index in [4.69, 9.17) is 0 Å². The molecule has 1 aliphatic rings. The smallest absolute Gasteiger partial charge is 0.196 e. The Labute approximate surface area is 118 Å². The molecule has 0 amide bonds. The summed E-state index contributed by atoms with van der Waals surface area (Å²) >= 11 is 0. The molecule has 0 aromatic heterocycles. The molecule has 1 N–H and O–H groups in total. The number of ketones is 1. The van der Waals surface area contributed by atoms with Crippen LogP contribution in [0.2, 0.25) is 0 Å². The van der Waals surface area contributed by atoms with E-state index in [9.17, 15) is 9.90 Å². The van der Waals surface area contributed by atoms with Gasteiger partial charge in [0.25, 0.3) is 0 Å². The Morgan fingerprint density at radius 1 is 1.00 bits per heavy atom. The maximum absolute atomic E-state index is 12.3. The third-order valence-electron chi connectivity index (χ3n) is 3.73. The van der Waals surface area contributed by atoms with Crippen molar-refractivity contribution in [3.63, 3.8) is 0 Å². The molecule has 3 heteroatoms. The van der Waals surface area contributed by atoms with Gasteiger partial charge in [-0.2, -0.15) is 0 Å². The molecule has 0 saturated carbocycles. The second-order valence-electron chi connectivity index (χ2n) is 5.09. The molecule has 2 aromatic carbocycles. The van der Waals surface area contributed by atoms with E-state index in [2.05, 4.69) is 4.90 Å². The minimum Gasteiger partial charge on any atom is -0.507 e. The number of hydrogen-bond donors (Lipinski definition) is 1. The summed E-state index contributed by atoms with van der Waals surface area (Å²) in [6.45, 7) is 2.04. The maximum Gasteiger partial charge on any atom is 0.196 e. The van der Waals surface area contributed by atoms with Crippen LogP contribution in [0.5, 0.6) is 5.75 Å². The predicted octanol–water partition coefficient (Wildman–Crippen LogP) is 3.22. The molecule has 0 unspecified atom stereocenters. The van der Waals surface area contributed by atoms with Gasteiger partial charge in [-0.15, -0.1) is 0 Å². The van der Waals surface area contributed by atoms with E-state index in [-0.39, 0.29) is 11.5 Å². The summed E-state index contributed by atoms with van der Waals surface area (Å²) in [5.74, 6) is -0.0840. The monoisotopic (exact) mass is 267 g/mol. The molecule has 0 aliphatic carbocycles. The standard InChI is InChI=1S/C17H17NO2/c19-16-12-14(18-10-4-5-11-18)8-9-15(16)17(20)13-6-2-1-3-7-13/h1-3,6-9,12,19H,4-5,10-11H2. The topological polar surface area (TPSA) is 40.5 Å². The quantitative estimate of drug-likeness (QED) is 0.868. The summed E-state index contributed by atoms with van der Waals surface area (Å²) in [4.78, 5) is 14.6. The zero-order valence-corrected chi connectivity index (χ0v) is 11.2. The van der Waals surface area contributed by atoms with Gasteiger partial charge in [0.15, 0.2) is 5.78 Å². The van der Waals surface area contributed by atoms with E-state index in [1.807, 2.05) is 24.3 Å². The number of rotatable bonds is 3. The van der Waals surface area contributed by atoms with E-state index in [1.54, 1.807) is 24.3 Å². The van der Waals surface area contributed by atoms with Crippen LogP contribution in [0.25, 0.3) is 0 Å². The van der Waals surface area contributed by atoms with Gasteiger partial charge in [-0.1, -0.05) is 30.3 Å². The van der Waals surface area contributed by atoms with Gasteiger partial charge < -0.3 is 10.0 Å². The van der Waals surface area contributed by atoms with Gasteiger partial charge >= 0.3 is 0 Å². The third kappa shape index (κ3) is 2.39. The van der Waals surface area contributed by atoms with E-state index in [0.29, 0.717) is 11.1 Å². The lowest BCUT2D eigenvalue weighted by atomic mass is 10.0. The highest BCUT2D eigenvalue weighted by atomic mass is 16.3. The Morgan fingerprint density at radius 2 is 1.70 bits per heavy atom. The molecule has 102 valence electrons. The number of phenols is 1. The summed E-state index contributed by atoms with van der Waals surface area (Å²) in [6, 6.07) is 14.4.